The molecule has 3 rings (SSSR count). The van der Waals surface area contributed by atoms with Crippen molar-refractivity contribution in [3.8, 4) is 0 Å². The van der Waals surface area contributed by atoms with Gasteiger partial charge in [0, 0.05) is 18.8 Å². The molecule has 28 heavy (non-hydrogen) atoms. The predicted molar refractivity (Wildman–Crippen MR) is 113 cm³/mol. The average molecular weight is 395 g/mol. The number of carbonyl (C=O) groups excluding carboxylic acids is 1. The number of aromatic nitrogens is 3. The first-order chi connectivity index (χ1) is 13.7. The van der Waals surface area contributed by atoms with Gasteiger partial charge in [-0.2, -0.15) is 0 Å². The van der Waals surface area contributed by atoms with Gasteiger partial charge in [0.15, 0.2) is 5.16 Å². The molecule has 1 N–H and O–H groups in total. The zero-order valence-corrected chi connectivity index (χ0v) is 16.3. The number of amides is 1. The maximum absolute atomic E-state index is 12.7. The number of rotatable bonds is 9. The molecule has 3 aromatic rings. The second-order valence-electron chi connectivity index (χ2n) is 6.12. The molecule has 0 unspecified atom stereocenters. The van der Waals surface area contributed by atoms with Crippen LogP contribution in [0.25, 0.3) is 0 Å². The molecule has 2 aromatic carbocycles. The van der Waals surface area contributed by atoms with E-state index in [-0.39, 0.29) is 17.3 Å². The minimum Gasteiger partial charge on any atom is -0.308 e. The van der Waals surface area contributed by atoms with Crippen LogP contribution in [-0.2, 0) is 17.8 Å². The van der Waals surface area contributed by atoms with Crippen molar-refractivity contribution in [2.24, 2.45) is 0 Å². The Kier molecular flexibility index (Phi) is 6.86. The fourth-order valence-corrected chi connectivity index (χ4v) is 3.64. The lowest BCUT2D eigenvalue weighted by molar-refractivity contribution is -0.116. The van der Waals surface area contributed by atoms with Crippen LogP contribution in [0.5, 0.6) is 0 Å². The number of hydrogen-bond donors (Lipinski definition) is 1. The first-order valence-corrected chi connectivity index (χ1v) is 9.96. The molecular weight excluding hydrogens is 372 g/mol. The van der Waals surface area contributed by atoms with Gasteiger partial charge in [-0.15, -0.1) is 11.7 Å². The first kappa shape index (κ1) is 19.7. The van der Waals surface area contributed by atoms with Crippen LogP contribution in [0.4, 0.5) is 5.69 Å². The quantitative estimate of drug-likeness (QED) is 0.447. The van der Waals surface area contributed by atoms with E-state index in [1.807, 2.05) is 60.7 Å². The van der Waals surface area contributed by atoms with Gasteiger partial charge >= 0.3 is 5.69 Å². The molecule has 144 valence electrons. The number of H-pyrrole nitrogens is 1. The fourth-order valence-electron chi connectivity index (χ4n) is 2.79. The van der Waals surface area contributed by atoms with E-state index in [1.54, 1.807) is 15.5 Å². The van der Waals surface area contributed by atoms with Crippen molar-refractivity contribution in [2.45, 2.75) is 18.1 Å². The molecule has 0 aliphatic heterocycles. The molecule has 1 heterocycles. The second-order valence-corrected chi connectivity index (χ2v) is 7.06. The summed E-state index contributed by atoms with van der Waals surface area (Å²) in [5, 5.41) is 7.07. The van der Waals surface area contributed by atoms with Gasteiger partial charge in [0.05, 0.1) is 5.75 Å². The monoisotopic (exact) mass is 394 g/mol. The van der Waals surface area contributed by atoms with Crippen molar-refractivity contribution in [1.82, 2.24) is 14.8 Å². The summed E-state index contributed by atoms with van der Waals surface area (Å²) in [6.45, 7) is 4.66. The number of nitrogens with zero attached hydrogens (tertiary/aromatic N) is 3. The lowest BCUT2D eigenvalue weighted by atomic mass is 10.1. The van der Waals surface area contributed by atoms with Crippen LogP contribution in [0.1, 0.15) is 5.56 Å². The van der Waals surface area contributed by atoms with Gasteiger partial charge in [-0.05, 0) is 24.1 Å². The Morgan fingerprint density at radius 2 is 1.82 bits per heavy atom. The van der Waals surface area contributed by atoms with Gasteiger partial charge < -0.3 is 4.90 Å². The summed E-state index contributed by atoms with van der Waals surface area (Å²) in [4.78, 5) is 26.5. The SMILES string of the molecule is C=CCN(C(=O)CSc1n[nH]c(=O)n1CCc1ccccc1)c1ccccc1. The van der Waals surface area contributed by atoms with E-state index in [0.717, 1.165) is 11.3 Å². The maximum atomic E-state index is 12.7. The van der Waals surface area contributed by atoms with Crippen LogP contribution in [0.3, 0.4) is 0 Å². The van der Waals surface area contributed by atoms with Gasteiger partial charge in [-0.25, -0.2) is 9.89 Å². The third-order valence-electron chi connectivity index (χ3n) is 4.20. The molecule has 0 fully saturated rings. The topological polar surface area (TPSA) is 71.0 Å². The molecule has 0 bridgehead atoms. The van der Waals surface area contributed by atoms with Gasteiger partial charge in [-0.1, -0.05) is 66.4 Å². The molecule has 1 amide bonds. The van der Waals surface area contributed by atoms with Crippen LogP contribution in [0, 0.1) is 0 Å². The normalized spacial score (nSPS) is 10.6. The second kappa shape index (κ2) is 9.75. The summed E-state index contributed by atoms with van der Waals surface area (Å²) in [5.74, 6) is 0.111. The largest absolute Gasteiger partial charge is 0.343 e. The number of benzene rings is 2. The van der Waals surface area contributed by atoms with Gasteiger partial charge in [0.2, 0.25) is 5.91 Å². The predicted octanol–water partition coefficient (Wildman–Crippen LogP) is 3.13. The van der Waals surface area contributed by atoms with Crippen LogP contribution in [0.15, 0.2) is 83.3 Å². The number of carbonyl (C=O) groups is 1. The summed E-state index contributed by atoms with van der Waals surface area (Å²) < 4.78 is 1.57. The van der Waals surface area contributed by atoms with Crippen LogP contribution in [0.2, 0.25) is 0 Å². The highest BCUT2D eigenvalue weighted by molar-refractivity contribution is 7.99. The highest BCUT2D eigenvalue weighted by Crippen LogP contribution is 2.18. The third-order valence-corrected chi connectivity index (χ3v) is 5.16. The minimum atomic E-state index is -0.267. The first-order valence-electron chi connectivity index (χ1n) is 8.97. The average Bonchev–Trinajstić information content (AvgIpc) is 3.09. The Balaban J connectivity index is 1.66. The van der Waals surface area contributed by atoms with Crippen LogP contribution >= 0.6 is 11.8 Å². The van der Waals surface area contributed by atoms with Crippen LogP contribution in [-0.4, -0.2) is 33.0 Å². The number of hydrogen-bond acceptors (Lipinski definition) is 4. The molecule has 0 spiro atoms. The summed E-state index contributed by atoms with van der Waals surface area (Å²) in [5.41, 5.74) is 1.69. The van der Waals surface area contributed by atoms with E-state index < -0.39 is 0 Å². The highest BCUT2D eigenvalue weighted by Gasteiger charge is 2.17. The van der Waals surface area contributed by atoms with E-state index >= 15 is 0 Å². The van der Waals surface area contributed by atoms with E-state index in [1.165, 1.54) is 11.8 Å². The standard InChI is InChI=1S/C21H22N4O2S/c1-2-14-24(18-11-7-4-8-12-18)19(26)16-28-21-23-22-20(27)25(21)15-13-17-9-5-3-6-10-17/h2-12H,1,13-16H2,(H,22,27). The van der Waals surface area contributed by atoms with E-state index in [0.29, 0.717) is 24.7 Å². The summed E-state index contributed by atoms with van der Waals surface area (Å²) in [7, 11) is 0. The number of aryl methyl sites for hydroxylation is 1. The fraction of sp³-hybridized carbons (Fsp3) is 0.190. The van der Waals surface area contributed by atoms with Gasteiger partial charge in [-0.3, -0.25) is 9.36 Å². The van der Waals surface area contributed by atoms with Crippen molar-refractivity contribution >= 4 is 23.4 Å². The van der Waals surface area contributed by atoms with E-state index in [2.05, 4.69) is 16.8 Å². The summed E-state index contributed by atoms with van der Waals surface area (Å²) in [6.07, 6.45) is 2.41. The number of aromatic amines is 1. The van der Waals surface area contributed by atoms with Gasteiger partial charge in [0.1, 0.15) is 0 Å². The summed E-state index contributed by atoms with van der Waals surface area (Å²) in [6, 6.07) is 19.4. The number of thioether (sulfide) groups is 1. The molecule has 0 saturated heterocycles. The molecule has 0 aliphatic carbocycles. The lowest BCUT2D eigenvalue weighted by Crippen LogP contribution is -2.32. The molecule has 0 aliphatic rings. The number of nitrogens with one attached hydrogen (secondary N) is 1. The molecule has 7 heteroatoms. The van der Waals surface area contributed by atoms with Crippen molar-refractivity contribution in [3.63, 3.8) is 0 Å². The molecule has 1 aromatic heterocycles. The Morgan fingerprint density at radius 3 is 2.50 bits per heavy atom. The Bertz CT molecular complexity index is 967. The van der Waals surface area contributed by atoms with Gasteiger partial charge in [0.25, 0.3) is 0 Å². The maximum Gasteiger partial charge on any atom is 0.343 e. The van der Waals surface area contributed by atoms with E-state index in [9.17, 15) is 9.59 Å². The Labute approximate surface area is 167 Å². The zero-order chi connectivity index (χ0) is 19.8. The van der Waals surface area contributed by atoms with Crippen molar-refractivity contribution in [3.05, 3.63) is 89.4 Å². The molecule has 6 nitrogen and oxygen atoms in total. The molecule has 0 saturated carbocycles. The number of anilines is 1. The van der Waals surface area contributed by atoms with Crippen molar-refractivity contribution < 1.29 is 4.79 Å². The Hall–Kier alpha value is -3.06. The van der Waals surface area contributed by atoms with Crippen molar-refractivity contribution in [1.29, 1.82) is 0 Å². The van der Waals surface area contributed by atoms with Crippen LogP contribution < -0.4 is 10.6 Å². The molecular formula is C21H22N4O2S. The Morgan fingerprint density at radius 1 is 1.14 bits per heavy atom. The lowest BCUT2D eigenvalue weighted by Gasteiger charge is -2.21. The highest BCUT2D eigenvalue weighted by atomic mass is 32.2. The zero-order valence-electron chi connectivity index (χ0n) is 15.5. The summed E-state index contributed by atoms with van der Waals surface area (Å²) >= 11 is 1.26. The molecule has 0 atom stereocenters. The smallest absolute Gasteiger partial charge is 0.308 e. The van der Waals surface area contributed by atoms with E-state index in [4.69, 9.17) is 0 Å². The molecule has 0 radical (unpaired) electrons. The minimum absolute atomic E-state index is 0.0684. The van der Waals surface area contributed by atoms with Crippen molar-refractivity contribution in [2.75, 3.05) is 17.2 Å². The third kappa shape index (κ3) is 5.01. The number of para-hydroxylation sites is 1.